The summed E-state index contributed by atoms with van der Waals surface area (Å²) in [6.07, 6.45) is 1.95. The van der Waals surface area contributed by atoms with Gasteiger partial charge in [-0.15, -0.1) is 0 Å². The fourth-order valence-electron chi connectivity index (χ4n) is 1.10. The largest absolute Gasteiger partial charge is 0.290 e. The van der Waals surface area contributed by atoms with Gasteiger partial charge in [-0.25, -0.2) is 4.21 Å². The Balaban J connectivity index is 2.58. The summed E-state index contributed by atoms with van der Waals surface area (Å²) in [5.41, 5.74) is 0.861. The van der Waals surface area contributed by atoms with Crippen molar-refractivity contribution in [2.45, 2.75) is 6.42 Å². The number of non-ortho nitro benzene ring substituents is 1. The van der Waals surface area contributed by atoms with Gasteiger partial charge in [-0.3, -0.25) is 14.3 Å². The SMILES string of the molecule is CS(=O)OCCc1cccc([N+](=O)[O-])c1. The lowest BCUT2D eigenvalue weighted by Crippen LogP contribution is -2.00. The van der Waals surface area contributed by atoms with Crippen LogP contribution in [-0.4, -0.2) is 22.0 Å². The molecule has 0 aromatic heterocycles. The van der Waals surface area contributed by atoms with Crippen LogP contribution in [0.3, 0.4) is 0 Å². The lowest BCUT2D eigenvalue weighted by atomic mass is 10.1. The van der Waals surface area contributed by atoms with Crippen molar-refractivity contribution in [1.29, 1.82) is 0 Å². The molecule has 0 aliphatic carbocycles. The van der Waals surface area contributed by atoms with Crippen molar-refractivity contribution < 1.29 is 13.3 Å². The molecule has 0 heterocycles. The topological polar surface area (TPSA) is 69.4 Å². The molecular formula is C9H11NO4S. The Bertz CT molecular complexity index is 380. The molecule has 0 bridgehead atoms. The van der Waals surface area contributed by atoms with Gasteiger partial charge in [0.25, 0.3) is 5.69 Å². The summed E-state index contributed by atoms with van der Waals surface area (Å²) in [4.78, 5) is 10.0. The third-order valence-electron chi connectivity index (χ3n) is 1.76. The van der Waals surface area contributed by atoms with Crippen LogP contribution in [0.15, 0.2) is 24.3 Å². The Morgan fingerprint density at radius 2 is 2.27 bits per heavy atom. The third kappa shape index (κ3) is 4.18. The standard InChI is InChI=1S/C9H11NO4S/c1-15(13)14-6-5-8-3-2-4-9(7-8)10(11)12/h2-4,7H,5-6H2,1H3. The zero-order valence-corrected chi connectivity index (χ0v) is 9.03. The number of hydrogen-bond acceptors (Lipinski definition) is 4. The van der Waals surface area contributed by atoms with Gasteiger partial charge in [-0.2, -0.15) is 0 Å². The summed E-state index contributed by atoms with van der Waals surface area (Å²) in [5.74, 6) is 0. The highest BCUT2D eigenvalue weighted by molar-refractivity contribution is 7.79. The fourth-order valence-corrected chi connectivity index (χ4v) is 1.42. The van der Waals surface area contributed by atoms with Crippen LogP contribution in [0.2, 0.25) is 0 Å². The molecule has 0 amide bonds. The quantitative estimate of drug-likeness (QED) is 0.566. The Hall–Kier alpha value is -1.27. The molecule has 0 aliphatic rings. The van der Waals surface area contributed by atoms with Gasteiger partial charge in [0.05, 0.1) is 11.5 Å². The summed E-state index contributed by atoms with van der Waals surface area (Å²) in [6.45, 7) is 0.296. The van der Waals surface area contributed by atoms with E-state index in [0.717, 1.165) is 5.56 Å². The second kappa shape index (κ2) is 5.57. The summed E-state index contributed by atoms with van der Waals surface area (Å²) >= 11 is -1.29. The minimum absolute atomic E-state index is 0.0603. The average molecular weight is 229 g/mol. The first kappa shape index (κ1) is 11.8. The van der Waals surface area contributed by atoms with Gasteiger partial charge >= 0.3 is 0 Å². The summed E-state index contributed by atoms with van der Waals surface area (Å²) in [5, 5.41) is 10.5. The van der Waals surface area contributed by atoms with Crippen LogP contribution in [-0.2, 0) is 21.7 Å². The molecule has 0 radical (unpaired) electrons. The zero-order valence-electron chi connectivity index (χ0n) is 8.21. The highest BCUT2D eigenvalue weighted by Crippen LogP contribution is 2.13. The van der Waals surface area contributed by atoms with Gasteiger partial charge in [-0.1, -0.05) is 12.1 Å². The summed E-state index contributed by atoms with van der Waals surface area (Å²) in [6, 6.07) is 6.32. The number of hydrogen-bond donors (Lipinski definition) is 0. The molecule has 1 atom stereocenters. The predicted molar refractivity (Wildman–Crippen MR) is 56.8 cm³/mol. The molecule has 0 N–H and O–H groups in total. The number of benzene rings is 1. The van der Waals surface area contributed by atoms with Crippen molar-refractivity contribution >= 4 is 16.8 Å². The second-order valence-corrected chi connectivity index (χ2v) is 3.94. The van der Waals surface area contributed by atoms with Crippen molar-refractivity contribution in [2.75, 3.05) is 12.9 Å². The van der Waals surface area contributed by atoms with Crippen LogP contribution < -0.4 is 0 Å². The van der Waals surface area contributed by atoms with E-state index in [1.807, 2.05) is 0 Å². The van der Waals surface area contributed by atoms with E-state index >= 15 is 0 Å². The molecule has 0 aliphatic heterocycles. The molecule has 6 heteroatoms. The van der Waals surface area contributed by atoms with Crippen molar-refractivity contribution in [2.24, 2.45) is 0 Å². The normalized spacial score (nSPS) is 12.3. The molecule has 82 valence electrons. The molecule has 1 rings (SSSR count). The van der Waals surface area contributed by atoms with Crippen molar-refractivity contribution in [3.8, 4) is 0 Å². The summed E-state index contributed by atoms with van der Waals surface area (Å²) in [7, 11) is 0. The van der Waals surface area contributed by atoms with E-state index in [-0.39, 0.29) is 5.69 Å². The summed E-state index contributed by atoms with van der Waals surface area (Å²) < 4.78 is 15.4. The van der Waals surface area contributed by atoms with E-state index < -0.39 is 16.0 Å². The molecule has 1 aromatic carbocycles. The minimum Gasteiger partial charge on any atom is -0.290 e. The fraction of sp³-hybridized carbons (Fsp3) is 0.333. The van der Waals surface area contributed by atoms with Crippen LogP contribution in [0.5, 0.6) is 0 Å². The van der Waals surface area contributed by atoms with E-state index in [2.05, 4.69) is 0 Å². The molecule has 0 saturated carbocycles. The van der Waals surface area contributed by atoms with Gasteiger partial charge in [0.1, 0.15) is 0 Å². The first-order chi connectivity index (χ1) is 7.09. The zero-order chi connectivity index (χ0) is 11.3. The highest BCUT2D eigenvalue weighted by Gasteiger charge is 2.05. The van der Waals surface area contributed by atoms with E-state index in [4.69, 9.17) is 4.18 Å². The maximum atomic E-state index is 10.6. The maximum Gasteiger partial charge on any atom is 0.269 e. The molecule has 0 saturated heterocycles. The molecular weight excluding hydrogens is 218 g/mol. The lowest BCUT2D eigenvalue weighted by molar-refractivity contribution is -0.384. The monoisotopic (exact) mass is 229 g/mol. The molecule has 15 heavy (non-hydrogen) atoms. The smallest absolute Gasteiger partial charge is 0.269 e. The maximum absolute atomic E-state index is 10.6. The van der Waals surface area contributed by atoms with Crippen LogP contribution in [0.1, 0.15) is 5.56 Å². The van der Waals surface area contributed by atoms with Crippen molar-refractivity contribution in [3.05, 3.63) is 39.9 Å². The predicted octanol–water partition coefficient (Wildman–Crippen LogP) is 1.45. The van der Waals surface area contributed by atoms with Gasteiger partial charge in [0, 0.05) is 18.4 Å². The van der Waals surface area contributed by atoms with Crippen molar-refractivity contribution in [3.63, 3.8) is 0 Å². The Labute approximate surface area is 89.9 Å². The number of nitro groups is 1. The van der Waals surface area contributed by atoms with Crippen LogP contribution in [0, 0.1) is 10.1 Å². The Morgan fingerprint density at radius 1 is 1.53 bits per heavy atom. The second-order valence-electron chi connectivity index (χ2n) is 2.90. The molecule has 5 nitrogen and oxygen atoms in total. The van der Waals surface area contributed by atoms with Gasteiger partial charge < -0.3 is 0 Å². The van der Waals surface area contributed by atoms with E-state index in [9.17, 15) is 14.3 Å². The van der Waals surface area contributed by atoms with Gasteiger partial charge in [-0.05, 0) is 12.0 Å². The minimum atomic E-state index is -1.29. The highest BCUT2D eigenvalue weighted by atomic mass is 32.2. The Kier molecular flexibility index (Phi) is 4.38. The lowest BCUT2D eigenvalue weighted by Gasteiger charge is -2.00. The van der Waals surface area contributed by atoms with Crippen LogP contribution >= 0.6 is 0 Å². The first-order valence-corrected chi connectivity index (χ1v) is 5.78. The van der Waals surface area contributed by atoms with Crippen LogP contribution in [0.4, 0.5) is 5.69 Å². The molecule has 1 unspecified atom stereocenters. The van der Waals surface area contributed by atoms with E-state index in [1.165, 1.54) is 18.4 Å². The molecule has 0 spiro atoms. The number of nitro benzene ring substituents is 1. The number of rotatable bonds is 5. The molecule has 0 fully saturated rings. The van der Waals surface area contributed by atoms with E-state index in [1.54, 1.807) is 12.1 Å². The van der Waals surface area contributed by atoms with Gasteiger partial charge in [0.2, 0.25) is 0 Å². The van der Waals surface area contributed by atoms with Crippen molar-refractivity contribution in [1.82, 2.24) is 0 Å². The third-order valence-corrected chi connectivity index (χ3v) is 2.26. The Morgan fingerprint density at radius 3 is 2.87 bits per heavy atom. The van der Waals surface area contributed by atoms with E-state index in [0.29, 0.717) is 13.0 Å². The first-order valence-electron chi connectivity index (χ1n) is 4.29. The number of nitrogens with zero attached hydrogens (tertiary/aromatic N) is 1. The van der Waals surface area contributed by atoms with Gasteiger partial charge in [0.15, 0.2) is 11.1 Å². The molecule has 1 aromatic rings. The average Bonchev–Trinajstić information content (AvgIpc) is 2.17. The van der Waals surface area contributed by atoms with Crippen LogP contribution in [0.25, 0.3) is 0 Å².